The summed E-state index contributed by atoms with van der Waals surface area (Å²) in [6, 6.07) is 58.8. The maximum atomic E-state index is 6.88. The Morgan fingerprint density at radius 2 is 0.864 bits per heavy atom. The molecule has 0 saturated carbocycles. The summed E-state index contributed by atoms with van der Waals surface area (Å²) in [5, 5.41) is 11.4. The molecule has 66 heavy (non-hydrogen) atoms. The van der Waals surface area contributed by atoms with E-state index in [0.717, 1.165) is 28.4 Å². The van der Waals surface area contributed by atoms with E-state index >= 15 is 0 Å². The Bertz CT molecular complexity index is 4030. The summed E-state index contributed by atoms with van der Waals surface area (Å²) < 4.78 is 12.0. The van der Waals surface area contributed by atoms with E-state index in [1.54, 1.807) is 0 Å². The van der Waals surface area contributed by atoms with Crippen molar-refractivity contribution in [2.24, 2.45) is 0 Å². The van der Waals surface area contributed by atoms with Crippen molar-refractivity contribution < 1.29 is 4.42 Å². The second-order valence-electron chi connectivity index (χ2n) is 21.9. The summed E-state index contributed by atoms with van der Waals surface area (Å²) >= 11 is 0. The van der Waals surface area contributed by atoms with Crippen molar-refractivity contribution in [3.05, 3.63) is 174 Å². The van der Waals surface area contributed by atoms with Gasteiger partial charge in [-0.25, -0.2) is 0 Å². The lowest BCUT2D eigenvalue weighted by atomic mass is 9.83. The first kappa shape index (κ1) is 39.1. The highest BCUT2D eigenvalue weighted by atomic mass is 16.3. The fourth-order valence-corrected chi connectivity index (χ4v) is 11.1. The minimum absolute atomic E-state index is 0.0548. The topological polar surface area (TPSA) is 25.2 Å². The van der Waals surface area contributed by atoms with Gasteiger partial charge in [0.15, 0.2) is 0 Å². The van der Waals surface area contributed by atoms with E-state index in [-0.39, 0.29) is 16.2 Å². The largest absolute Gasteiger partial charge is 0.439 e. The van der Waals surface area contributed by atoms with Crippen molar-refractivity contribution in [1.29, 1.82) is 0 Å². The van der Waals surface area contributed by atoms with Crippen LogP contribution in [0, 0.1) is 0 Å². The third-order valence-electron chi connectivity index (χ3n) is 14.6. The summed E-state index contributed by atoms with van der Waals surface area (Å²) in [6.07, 6.45) is 0. The molecule has 5 heterocycles. The van der Waals surface area contributed by atoms with Crippen LogP contribution in [-0.4, -0.2) is 8.80 Å². The number of benzene rings is 8. The quantitative estimate of drug-likeness (QED) is 0.176. The first-order chi connectivity index (χ1) is 31.6. The monoisotopic (exact) mass is 855 g/mol. The summed E-state index contributed by atoms with van der Waals surface area (Å²) in [6.45, 7) is 21.1. The van der Waals surface area contributed by atoms with Crippen LogP contribution in [0.2, 0.25) is 0 Å². The zero-order chi connectivity index (χ0) is 45.2. The van der Waals surface area contributed by atoms with Crippen molar-refractivity contribution in [2.45, 2.75) is 78.6 Å². The summed E-state index contributed by atoms with van der Waals surface area (Å²) in [5.41, 5.74) is 17.6. The smallest absolute Gasteiger partial charge is 0.213 e. The SMILES string of the molecule is CC(C)(C)c1cc(-c2ccc(N(c3ccccc3)c3ccccc3)cc2)c2c(c1)c1cc(C(C)(C)C)cc3c4ccc5c(c6cc(C(C)(C)C)cc7c8c9ccccc9oc8n5c76)c4n2c13. The molecule has 0 aliphatic heterocycles. The van der Waals surface area contributed by atoms with Crippen LogP contribution in [0.5, 0.6) is 0 Å². The van der Waals surface area contributed by atoms with Crippen molar-refractivity contribution in [3.8, 4) is 11.1 Å². The van der Waals surface area contributed by atoms with Crippen LogP contribution in [0.1, 0.15) is 79.0 Å². The van der Waals surface area contributed by atoms with E-state index in [1.165, 1.54) is 104 Å². The molecule has 0 spiro atoms. The Kier molecular flexibility index (Phi) is 7.80. The average molecular weight is 856 g/mol. The normalized spacial score (nSPS) is 13.2. The number of hydrogen-bond donors (Lipinski definition) is 0. The Morgan fingerprint density at radius 1 is 0.379 bits per heavy atom. The van der Waals surface area contributed by atoms with Gasteiger partial charge in [-0.3, -0.25) is 4.40 Å². The van der Waals surface area contributed by atoms with E-state index in [9.17, 15) is 0 Å². The van der Waals surface area contributed by atoms with Gasteiger partial charge in [0.05, 0.1) is 33.0 Å². The number of anilines is 3. The van der Waals surface area contributed by atoms with Gasteiger partial charge in [0.1, 0.15) is 5.58 Å². The summed E-state index contributed by atoms with van der Waals surface area (Å²) in [4.78, 5) is 2.34. The van der Waals surface area contributed by atoms with Crippen molar-refractivity contribution in [3.63, 3.8) is 0 Å². The van der Waals surface area contributed by atoms with Crippen molar-refractivity contribution >= 4 is 104 Å². The fourth-order valence-electron chi connectivity index (χ4n) is 11.1. The zero-order valence-corrected chi connectivity index (χ0v) is 39.3. The molecule has 13 rings (SSSR count). The molecule has 322 valence electrons. The van der Waals surface area contributed by atoms with E-state index in [2.05, 4.69) is 234 Å². The molecule has 0 bridgehead atoms. The van der Waals surface area contributed by atoms with E-state index < -0.39 is 0 Å². The molecule has 0 unspecified atom stereocenters. The highest BCUT2D eigenvalue weighted by Gasteiger charge is 2.31. The average Bonchev–Trinajstić information content (AvgIpc) is 4.09. The van der Waals surface area contributed by atoms with Crippen LogP contribution in [0.25, 0.3) is 98.5 Å². The molecule has 0 N–H and O–H groups in total. The second kappa shape index (κ2) is 13.2. The molecule has 0 atom stereocenters. The van der Waals surface area contributed by atoms with Gasteiger partial charge in [0.25, 0.3) is 0 Å². The van der Waals surface area contributed by atoms with Crippen molar-refractivity contribution in [2.75, 3.05) is 4.90 Å². The Morgan fingerprint density at radius 3 is 1.47 bits per heavy atom. The maximum Gasteiger partial charge on any atom is 0.213 e. The molecule has 4 nitrogen and oxygen atoms in total. The number of furan rings is 1. The summed E-state index contributed by atoms with van der Waals surface area (Å²) in [7, 11) is 0. The van der Waals surface area contributed by atoms with Crippen molar-refractivity contribution in [1.82, 2.24) is 8.80 Å². The molecule has 13 aromatic rings. The lowest BCUT2D eigenvalue weighted by Gasteiger charge is -2.26. The Hall–Kier alpha value is -7.30. The summed E-state index contributed by atoms with van der Waals surface area (Å²) in [5.74, 6) is 0. The van der Waals surface area contributed by atoms with Gasteiger partial charge >= 0.3 is 0 Å². The first-order valence-corrected chi connectivity index (χ1v) is 23.5. The van der Waals surface area contributed by atoms with Crippen LogP contribution in [-0.2, 0) is 16.2 Å². The Labute approximate surface area is 385 Å². The zero-order valence-electron chi connectivity index (χ0n) is 39.3. The van der Waals surface area contributed by atoms with Gasteiger partial charge in [0.2, 0.25) is 5.71 Å². The lowest BCUT2D eigenvalue weighted by Crippen LogP contribution is -2.11. The highest BCUT2D eigenvalue weighted by Crippen LogP contribution is 2.51. The molecular formula is C62H53N3O. The molecule has 0 saturated heterocycles. The molecule has 8 aromatic carbocycles. The minimum Gasteiger partial charge on any atom is -0.439 e. The maximum absolute atomic E-state index is 6.88. The van der Waals surface area contributed by atoms with Crippen LogP contribution < -0.4 is 4.90 Å². The third-order valence-corrected chi connectivity index (χ3v) is 14.6. The lowest BCUT2D eigenvalue weighted by molar-refractivity contribution is 0.591. The molecular weight excluding hydrogens is 803 g/mol. The molecule has 0 radical (unpaired) electrons. The van der Waals surface area contributed by atoms with Gasteiger partial charge < -0.3 is 13.7 Å². The molecule has 0 fully saturated rings. The second-order valence-corrected chi connectivity index (χ2v) is 21.9. The van der Waals surface area contributed by atoms with Gasteiger partial charge in [-0.15, -0.1) is 0 Å². The van der Waals surface area contributed by atoms with E-state index in [4.69, 9.17) is 4.42 Å². The minimum atomic E-state index is -0.0804. The van der Waals surface area contributed by atoms with Gasteiger partial charge in [0, 0.05) is 65.7 Å². The van der Waals surface area contributed by atoms with E-state index in [1.807, 2.05) is 0 Å². The van der Waals surface area contributed by atoms with Gasteiger partial charge in [-0.05, 0) is 123 Å². The molecule has 0 amide bonds. The molecule has 4 heteroatoms. The standard InChI is InChI=1S/C62H53N3O/c1-60(2,3)37-30-45(36-24-26-42(27-25-36)63(40-18-12-10-13-19-40)41-20-14-11-15-21-41)55-47(32-37)48-33-38(61(4,5)6)31-46-43-28-29-51-54(58(43)65(55)56(46)48)50-35-39(62(7,8)9)34-49-53-44-22-16-17-23-52(44)66-59(53)64(51)57(49)50/h10-35H,1-9H3. The molecule has 5 aromatic heterocycles. The molecule has 0 aliphatic rings. The van der Waals surface area contributed by atoms with Crippen LogP contribution >= 0.6 is 0 Å². The molecule has 0 aliphatic carbocycles. The van der Waals surface area contributed by atoms with Crippen LogP contribution in [0.3, 0.4) is 0 Å². The van der Waals surface area contributed by atoms with Gasteiger partial charge in [-0.2, -0.15) is 0 Å². The van der Waals surface area contributed by atoms with E-state index in [0.29, 0.717) is 0 Å². The van der Waals surface area contributed by atoms with Gasteiger partial charge in [-0.1, -0.05) is 135 Å². The predicted molar refractivity (Wildman–Crippen MR) is 282 cm³/mol. The highest BCUT2D eigenvalue weighted by molar-refractivity contribution is 6.35. The number of nitrogens with zero attached hydrogens (tertiary/aromatic N) is 3. The fraction of sp³-hybridized carbons (Fsp3) is 0.194. The van der Waals surface area contributed by atoms with Crippen LogP contribution in [0.4, 0.5) is 17.1 Å². The number of aromatic nitrogens is 2. The number of hydrogen-bond acceptors (Lipinski definition) is 2. The number of rotatable bonds is 4. The number of para-hydroxylation sites is 3. The van der Waals surface area contributed by atoms with Crippen LogP contribution in [0.15, 0.2) is 162 Å². The predicted octanol–water partition coefficient (Wildman–Crippen LogP) is 17.8. The third kappa shape index (κ3) is 5.39. The number of fused-ring (bicyclic) bond motifs is 15. The first-order valence-electron chi connectivity index (χ1n) is 23.5. The Balaban J connectivity index is 1.19.